The van der Waals surface area contributed by atoms with Gasteiger partial charge >= 0.3 is 0 Å². The number of hydrogen-bond donors (Lipinski definition) is 0. The van der Waals surface area contributed by atoms with Crippen molar-refractivity contribution in [3.05, 3.63) is 17.5 Å². The van der Waals surface area contributed by atoms with Crippen LogP contribution in [0.3, 0.4) is 0 Å². The molecule has 0 spiro atoms. The molecule has 158 valence electrons. The highest BCUT2D eigenvalue weighted by Gasteiger charge is 2.25. The Morgan fingerprint density at radius 3 is 2.39 bits per heavy atom. The molecular formula is C22H39N5O. The molecule has 0 radical (unpaired) electrons. The zero-order valence-corrected chi connectivity index (χ0v) is 18.4. The molecule has 0 aliphatic carbocycles. The molecule has 0 aromatic carbocycles. The SMILES string of the molecule is CCN1CCN(C(=O)CCC2CCN(C(C)Cn3nc(C)cc3C)CC2)CC1. The van der Waals surface area contributed by atoms with Crippen molar-refractivity contribution in [3.8, 4) is 0 Å². The minimum atomic E-state index is 0.371. The number of piperazine rings is 1. The second kappa shape index (κ2) is 9.88. The molecule has 6 heteroatoms. The first kappa shape index (κ1) is 21.3. The monoisotopic (exact) mass is 389 g/mol. The van der Waals surface area contributed by atoms with Crippen LogP contribution in [0.2, 0.25) is 0 Å². The molecule has 1 aromatic heterocycles. The Kier molecular flexibility index (Phi) is 7.52. The second-order valence-corrected chi connectivity index (χ2v) is 8.79. The van der Waals surface area contributed by atoms with Gasteiger partial charge in [0, 0.05) is 44.3 Å². The summed E-state index contributed by atoms with van der Waals surface area (Å²) in [5, 5.41) is 4.61. The van der Waals surface area contributed by atoms with E-state index in [-0.39, 0.29) is 0 Å². The molecule has 1 unspecified atom stereocenters. The van der Waals surface area contributed by atoms with Gasteiger partial charge in [-0.1, -0.05) is 6.92 Å². The topological polar surface area (TPSA) is 44.6 Å². The van der Waals surface area contributed by atoms with Crippen molar-refractivity contribution in [2.75, 3.05) is 45.8 Å². The number of likely N-dealkylation sites (N-methyl/N-ethyl adjacent to an activating group) is 1. The van der Waals surface area contributed by atoms with Gasteiger partial charge in [0.2, 0.25) is 5.91 Å². The predicted molar refractivity (Wildman–Crippen MR) is 113 cm³/mol. The van der Waals surface area contributed by atoms with Crippen LogP contribution in [0.4, 0.5) is 0 Å². The number of carbonyl (C=O) groups excluding carboxylic acids is 1. The van der Waals surface area contributed by atoms with Crippen molar-refractivity contribution >= 4 is 5.91 Å². The Labute approximate surface area is 170 Å². The molecule has 3 heterocycles. The van der Waals surface area contributed by atoms with Crippen LogP contribution < -0.4 is 0 Å². The number of carbonyl (C=O) groups is 1. The third-order valence-corrected chi connectivity index (χ3v) is 6.75. The van der Waals surface area contributed by atoms with Gasteiger partial charge in [-0.2, -0.15) is 5.10 Å². The van der Waals surface area contributed by atoms with Crippen LogP contribution in [0, 0.1) is 19.8 Å². The molecule has 1 aromatic rings. The van der Waals surface area contributed by atoms with Gasteiger partial charge < -0.3 is 9.80 Å². The number of rotatable bonds is 7. The quantitative estimate of drug-likeness (QED) is 0.719. The lowest BCUT2D eigenvalue weighted by molar-refractivity contribution is -0.133. The summed E-state index contributed by atoms with van der Waals surface area (Å²) in [6, 6.07) is 2.66. The van der Waals surface area contributed by atoms with Crippen LogP contribution in [0.15, 0.2) is 6.07 Å². The van der Waals surface area contributed by atoms with Gasteiger partial charge in [-0.15, -0.1) is 0 Å². The number of nitrogens with zero attached hydrogens (tertiary/aromatic N) is 5. The first-order valence-corrected chi connectivity index (χ1v) is 11.2. The van der Waals surface area contributed by atoms with Crippen LogP contribution in [0.1, 0.15) is 50.9 Å². The third-order valence-electron chi connectivity index (χ3n) is 6.75. The van der Waals surface area contributed by atoms with Crippen LogP contribution in [0.25, 0.3) is 0 Å². The van der Waals surface area contributed by atoms with Crippen molar-refractivity contribution < 1.29 is 4.79 Å². The molecule has 0 saturated carbocycles. The van der Waals surface area contributed by atoms with Crippen molar-refractivity contribution in [2.45, 2.75) is 66.0 Å². The summed E-state index contributed by atoms with van der Waals surface area (Å²) in [6.45, 7) is 17.0. The molecule has 28 heavy (non-hydrogen) atoms. The van der Waals surface area contributed by atoms with E-state index >= 15 is 0 Å². The fourth-order valence-electron chi connectivity index (χ4n) is 4.71. The largest absolute Gasteiger partial charge is 0.340 e. The summed E-state index contributed by atoms with van der Waals surface area (Å²) in [5.41, 5.74) is 2.35. The van der Waals surface area contributed by atoms with Crippen LogP contribution >= 0.6 is 0 Å². The number of hydrogen-bond acceptors (Lipinski definition) is 4. The van der Waals surface area contributed by atoms with E-state index in [2.05, 4.69) is 58.2 Å². The third kappa shape index (κ3) is 5.57. The Bertz CT molecular complexity index is 627. The highest BCUT2D eigenvalue weighted by Crippen LogP contribution is 2.24. The number of amides is 1. The van der Waals surface area contributed by atoms with Crippen molar-refractivity contribution in [1.82, 2.24) is 24.5 Å². The molecule has 1 amide bonds. The van der Waals surface area contributed by atoms with E-state index < -0.39 is 0 Å². The van der Waals surface area contributed by atoms with Gasteiger partial charge in [0.1, 0.15) is 0 Å². The normalized spacial score (nSPS) is 21.2. The summed E-state index contributed by atoms with van der Waals surface area (Å²) in [7, 11) is 0. The van der Waals surface area contributed by atoms with Gasteiger partial charge in [-0.05, 0) is 71.7 Å². The lowest BCUT2D eigenvalue weighted by atomic mass is 9.91. The summed E-state index contributed by atoms with van der Waals surface area (Å²) in [6.07, 6.45) is 4.24. The van der Waals surface area contributed by atoms with E-state index in [4.69, 9.17) is 0 Å². The molecule has 2 saturated heterocycles. The van der Waals surface area contributed by atoms with Crippen molar-refractivity contribution in [1.29, 1.82) is 0 Å². The standard InChI is InChI=1S/C22H39N5O/c1-5-24-12-14-26(15-13-24)22(28)7-6-21-8-10-25(11-9-21)20(4)17-27-19(3)16-18(2)23-27/h16,20-21H,5-15,17H2,1-4H3. The molecular weight excluding hydrogens is 350 g/mol. The van der Waals surface area contributed by atoms with Crippen molar-refractivity contribution in [2.24, 2.45) is 5.92 Å². The number of aryl methyl sites for hydroxylation is 2. The fraction of sp³-hybridized carbons (Fsp3) is 0.818. The van der Waals surface area contributed by atoms with Gasteiger partial charge in [-0.3, -0.25) is 14.4 Å². The molecule has 6 nitrogen and oxygen atoms in total. The molecule has 2 aliphatic rings. The molecule has 2 fully saturated rings. The maximum Gasteiger partial charge on any atom is 0.222 e. The van der Waals surface area contributed by atoms with Gasteiger partial charge in [0.25, 0.3) is 0 Å². The summed E-state index contributed by atoms with van der Waals surface area (Å²) in [4.78, 5) is 19.6. The lowest BCUT2D eigenvalue weighted by Gasteiger charge is -2.37. The predicted octanol–water partition coefficient (Wildman–Crippen LogP) is 2.54. The first-order valence-electron chi connectivity index (χ1n) is 11.2. The summed E-state index contributed by atoms with van der Waals surface area (Å²) >= 11 is 0. The average molecular weight is 390 g/mol. The maximum atomic E-state index is 12.5. The number of likely N-dealkylation sites (tertiary alicyclic amines) is 1. The molecule has 2 aliphatic heterocycles. The fourth-order valence-corrected chi connectivity index (χ4v) is 4.71. The maximum absolute atomic E-state index is 12.5. The molecule has 0 bridgehead atoms. The van der Waals surface area contributed by atoms with Crippen molar-refractivity contribution in [3.63, 3.8) is 0 Å². The van der Waals surface area contributed by atoms with Gasteiger partial charge in [0.15, 0.2) is 0 Å². The van der Waals surface area contributed by atoms with Gasteiger partial charge in [-0.25, -0.2) is 0 Å². The minimum absolute atomic E-state index is 0.371. The van der Waals surface area contributed by atoms with Crippen LogP contribution in [-0.4, -0.2) is 82.2 Å². The summed E-state index contributed by atoms with van der Waals surface area (Å²) < 4.78 is 2.14. The smallest absolute Gasteiger partial charge is 0.222 e. The summed E-state index contributed by atoms with van der Waals surface area (Å²) in [5.74, 6) is 1.08. The second-order valence-electron chi connectivity index (χ2n) is 8.79. The number of aromatic nitrogens is 2. The highest BCUT2D eigenvalue weighted by atomic mass is 16.2. The minimum Gasteiger partial charge on any atom is -0.340 e. The molecule has 3 rings (SSSR count). The number of piperidine rings is 1. The zero-order chi connectivity index (χ0) is 20.1. The van der Waals surface area contributed by atoms with E-state index in [1.807, 2.05) is 0 Å². The zero-order valence-electron chi connectivity index (χ0n) is 18.4. The van der Waals surface area contributed by atoms with Gasteiger partial charge in [0.05, 0.1) is 12.2 Å². The highest BCUT2D eigenvalue weighted by molar-refractivity contribution is 5.76. The van der Waals surface area contributed by atoms with E-state index in [9.17, 15) is 4.79 Å². The van der Waals surface area contributed by atoms with E-state index in [1.54, 1.807) is 0 Å². The Morgan fingerprint density at radius 2 is 1.82 bits per heavy atom. The molecule has 1 atom stereocenters. The Morgan fingerprint density at radius 1 is 1.14 bits per heavy atom. The van der Waals surface area contributed by atoms with Crippen LogP contribution in [0.5, 0.6) is 0 Å². The van der Waals surface area contributed by atoms with Crippen LogP contribution in [-0.2, 0) is 11.3 Å². The molecule has 0 N–H and O–H groups in total. The lowest BCUT2D eigenvalue weighted by Crippen LogP contribution is -2.48. The first-order chi connectivity index (χ1) is 13.5. The Hall–Kier alpha value is -1.40. The van der Waals surface area contributed by atoms with E-state index in [0.29, 0.717) is 17.9 Å². The van der Waals surface area contributed by atoms with E-state index in [1.165, 1.54) is 18.5 Å². The average Bonchev–Trinajstić information content (AvgIpc) is 3.03. The Balaban J connectivity index is 1.36. The van der Waals surface area contributed by atoms with E-state index in [0.717, 1.165) is 70.9 Å².